The molecule has 0 bridgehead atoms. The molecule has 1 aliphatic heterocycles. The summed E-state index contributed by atoms with van der Waals surface area (Å²) in [5.41, 5.74) is 0.0635. The fraction of sp³-hybridized carbons (Fsp3) is 0.467. The van der Waals surface area contributed by atoms with Crippen LogP contribution in [0.3, 0.4) is 0 Å². The summed E-state index contributed by atoms with van der Waals surface area (Å²) in [7, 11) is 0. The second-order valence-electron chi connectivity index (χ2n) is 5.33. The van der Waals surface area contributed by atoms with Crippen LogP contribution in [0, 0.1) is 0 Å². The van der Waals surface area contributed by atoms with E-state index in [0.717, 1.165) is 0 Å². The average Bonchev–Trinajstić information content (AvgIpc) is 2.55. The summed E-state index contributed by atoms with van der Waals surface area (Å²) in [5, 5.41) is 2.64. The van der Waals surface area contributed by atoms with Gasteiger partial charge in [0.2, 0.25) is 17.4 Å². The topological polar surface area (TPSA) is 103 Å². The molecule has 0 saturated carbocycles. The molecule has 1 fully saturated rings. The molecule has 0 aliphatic carbocycles. The first-order valence-electron chi connectivity index (χ1n) is 7.47. The van der Waals surface area contributed by atoms with Gasteiger partial charge in [-0.25, -0.2) is 0 Å². The Kier molecular flexibility index (Phi) is 5.51. The highest BCUT2D eigenvalue weighted by atomic mass is 16.2. The molecule has 124 valence electrons. The largest absolute Gasteiger partial charge is 0.351 e. The van der Waals surface area contributed by atoms with Crippen molar-refractivity contribution in [2.45, 2.75) is 13.3 Å². The molecule has 1 aliphatic rings. The summed E-state index contributed by atoms with van der Waals surface area (Å²) in [6, 6.07) is 2.70. The molecule has 1 aromatic heterocycles. The quantitative estimate of drug-likeness (QED) is 0.757. The van der Waals surface area contributed by atoms with Gasteiger partial charge in [0.15, 0.2) is 0 Å². The van der Waals surface area contributed by atoms with Crippen molar-refractivity contribution < 1.29 is 14.4 Å². The average molecular weight is 320 g/mol. The van der Waals surface area contributed by atoms with Gasteiger partial charge in [0.1, 0.15) is 0 Å². The normalized spacial score (nSPS) is 14.5. The predicted molar refractivity (Wildman–Crippen MR) is 82.8 cm³/mol. The zero-order chi connectivity index (χ0) is 16.8. The summed E-state index contributed by atoms with van der Waals surface area (Å²) < 4.78 is 0. The standard InChI is InChI=1S/C15H20N4O4/c1-11(20)18-6-8-19(9-7-18)14(22)4-5-16-15(23)12-2-3-13(21)17-10-12/h2-3,10H,4-9H2,1H3,(H,16,23)(H,17,21). The van der Waals surface area contributed by atoms with Gasteiger partial charge in [0.05, 0.1) is 5.56 Å². The van der Waals surface area contributed by atoms with E-state index in [9.17, 15) is 19.2 Å². The van der Waals surface area contributed by atoms with E-state index in [1.54, 1.807) is 9.80 Å². The van der Waals surface area contributed by atoms with Crippen molar-refractivity contribution in [1.29, 1.82) is 0 Å². The number of hydrogen-bond acceptors (Lipinski definition) is 4. The van der Waals surface area contributed by atoms with Crippen molar-refractivity contribution in [2.24, 2.45) is 0 Å². The second-order valence-corrected chi connectivity index (χ2v) is 5.33. The highest BCUT2D eigenvalue weighted by Crippen LogP contribution is 2.04. The van der Waals surface area contributed by atoms with Gasteiger partial charge in [-0.1, -0.05) is 0 Å². The third-order valence-corrected chi connectivity index (χ3v) is 3.75. The maximum atomic E-state index is 12.1. The zero-order valence-electron chi connectivity index (χ0n) is 13.0. The van der Waals surface area contributed by atoms with Gasteiger partial charge in [-0.2, -0.15) is 0 Å². The van der Waals surface area contributed by atoms with Gasteiger partial charge in [-0.15, -0.1) is 0 Å². The fourth-order valence-corrected chi connectivity index (χ4v) is 2.37. The third-order valence-electron chi connectivity index (χ3n) is 3.75. The number of rotatable bonds is 4. The van der Waals surface area contributed by atoms with Crippen molar-refractivity contribution in [3.05, 3.63) is 34.2 Å². The Balaban J connectivity index is 1.73. The van der Waals surface area contributed by atoms with Gasteiger partial charge in [0, 0.05) is 58.3 Å². The lowest BCUT2D eigenvalue weighted by molar-refractivity contribution is -0.138. The Morgan fingerprint density at radius 2 is 1.78 bits per heavy atom. The molecule has 8 heteroatoms. The van der Waals surface area contributed by atoms with Crippen molar-refractivity contribution in [1.82, 2.24) is 20.1 Å². The van der Waals surface area contributed by atoms with Gasteiger partial charge in [0.25, 0.3) is 5.91 Å². The lowest BCUT2D eigenvalue weighted by atomic mass is 10.2. The molecule has 2 N–H and O–H groups in total. The molecule has 0 atom stereocenters. The molecule has 3 amide bonds. The molecule has 0 unspecified atom stereocenters. The SMILES string of the molecule is CC(=O)N1CCN(C(=O)CCNC(=O)c2ccc(=O)[nH]c2)CC1. The number of carbonyl (C=O) groups is 3. The summed E-state index contributed by atoms with van der Waals surface area (Å²) in [6.07, 6.45) is 1.54. The highest BCUT2D eigenvalue weighted by Gasteiger charge is 2.21. The van der Waals surface area contributed by atoms with Crippen LogP contribution in [-0.2, 0) is 9.59 Å². The van der Waals surface area contributed by atoms with Gasteiger partial charge >= 0.3 is 0 Å². The van der Waals surface area contributed by atoms with Crippen LogP contribution >= 0.6 is 0 Å². The van der Waals surface area contributed by atoms with Crippen LogP contribution in [0.15, 0.2) is 23.1 Å². The van der Waals surface area contributed by atoms with Gasteiger partial charge < -0.3 is 20.1 Å². The number of amides is 3. The molecule has 1 aromatic rings. The predicted octanol–water partition coefficient (Wildman–Crippen LogP) is -0.814. The number of nitrogens with zero attached hydrogens (tertiary/aromatic N) is 2. The maximum Gasteiger partial charge on any atom is 0.252 e. The number of piperazine rings is 1. The van der Waals surface area contributed by atoms with Crippen LogP contribution in [0.5, 0.6) is 0 Å². The van der Waals surface area contributed by atoms with E-state index in [1.807, 2.05) is 0 Å². The van der Waals surface area contributed by atoms with Crippen molar-refractivity contribution in [2.75, 3.05) is 32.7 Å². The highest BCUT2D eigenvalue weighted by molar-refractivity contribution is 5.94. The smallest absolute Gasteiger partial charge is 0.252 e. The van der Waals surface area contributed by atoms with E-state index in [1.165, 1.54) is 25.3 Å². The number of carbonyl (C=O) groups excluding carboxylic acids is 3. The fourth-order valence-electron chi connectivity index (χ4n) is 2.37. The number of aromatic nitrogens is 1. The maximum absolute atomic E-state index is 12.1. The van der Waals surface area contributed by atoms with Gasteiger partial charge in [-0.3, -0.25) is 19.2 Å². The van der Waals surface area contributed by atoms with E-state index in [-0.39, 0.29) is 36.2 Å². The van der Waals surface area contributed by atoms with Crippen LogP contribution in [0.25, 0.3) is 0 Å². The van der Waals surface area contributed by atoms with Crippen LogP contribution in [0.2, 0.25) is 0 Å². The molecule has 1 saturated heterocycles. The number of pyridine rings is 1. The Hall–Kier alpha value is -2.64. The molecular formula is C15H20N4O4. The van der Waals surface area contributed by atoms with Crippen molar-refractivity contribution in [3.63, 3.8) is 0 Å². The Morgan fingerprint density at radius 3 is 2.35 bits per heavy atom. The minimum Gasteiger partial charge on any atom is -0.351 e. The number of hydrogen-bond donors (Lipinski definition) is 2. The number of nitrogens with one attached hydrogen (secondary N) is 2. The second kappa shape index (κ2) is 7.57. The zero-order valence-corrected chi connectivity index (χ0v) is 13.0. The van der Waals surface area contributed by atoms with Crippen LogP contribution in [0.1, 0.15) is 23.7 Å². The Labute approximate surface area is 133 Å². The third kappa shape index (κ3) is 4.67. The van der Waals surface area contributed by atoms with Gasteiger partial charge in [-0.05, 0) is 6.07 Å². The first kappa shape index (κ1) is 16.7. The van der Waals surface area contributed by atoms with Crippen LogP contribution in [0.4, 0.5) is 0 Å². The van der Waals surface area contributed by atoms with E-state index >= 15 is 0 Å². The van der Waals surface area contributed by atoms with E-state index in [2.05, 4.69) is 10.3 Å². The van der Waals surface area contributed by atoms with Crippen LogP contribution in [-0.4, -0.2) is 65.2 Å². The Bertz CT molecular complexity index is 627. The van der Waals surface area contributed by atoms with Crippen molar-refractivity contribution in [3.8, 4) is 0 Å². The molecule has 23 heavy (non-hydrogen) atoms. The molecule has 0 spiro atoms. The molecule has 0 aromatic carbocycles. The lowest BCUT2D eigenvalue weighted by Crippen LogP contribution is -2.50. The minimum absolute atomic E-state index is 0.0188. The molecule has 2 rings (SSSR count). The molecular weight excluding hydrogens is 300 g/mol. The first-order chi connectivity index (χ1) is 11.0. The number of aromatic amines is 1. The summed E-state index contributed by atoms with van der Waals surface area (Å²) in [5.74, 6) is -0.365. The number of H-pyrrole nitrogens is 1. The molecule has 0 radical (unpaired) electrons. The minimum atomic E-state index is -0.338. The summed E-state index contributed by atoms with van der Waals surface area (Å²) in [4.78, 5) is 51.9. The van der Waals surface area contributed by atoms with E-state index in [0.29, 0.717) is 31.7 Å². The molecule has 8 nitrogen and oxygen atoms in total. The lowest BCUT2D eigenvalue weighted by Gasteiger charge is -2.34. The van der Waals surface area contributed by atoms with E-state index in [4.69, 9.17) is 0 Å². The summed E-state index contributed by atoms with van der Waals surface area (Å²) >= 11 is 0. The molecule has 2 heterocycles. The van der Waals surface area contributed by atoms with Crippen molar-refractivity contribution >= 4 is 17.7 Å². The van der Waals surface area contributed by atoms with Crippen LogP contribution < -0.4 is 10.9 Å². The monoisotopic (exact) mass is 320 g/mol. The Morgan fingerprint density at radius 1 is 1.13 bits per heavy atom. The first-order valence-corrected chi connectivity index (χ1v) is 7.47. The summed E-state index contributed by atoms with van der Waals surface area (Å²) in [6.45, 7) is 3.88. The van der Waals surface area contributed by atoms with E-state index < -0.39 is 0 Å².